The SMILES string of the molecule is C[C@H]1CCc2c(ccc(-c3cnn(C4CCN(C5CC6(C5)CN(c5ccc7c(c5)C(=O)N(C5CCC(=O)NC5=O)C7=O)C6)CC4)c3)c2OC2CCC2)N1C(=O)C1CC1.O=C(O)C(F)(F)F. The predicted molar refractivity (Wildman–Crippen MR) is 228 cm³/mol. The molecule has 1 aromatic heterocycles. The minimum atomic E-state index is -5.08. The summed E-state index contributed by atoms with van der Waals surface area (Å²) < 4.78 is 40.7. The third kappa shape index (κ3) is 7.94. The molecule has 6 heterocycles. The number of benzene rings is 2. The van der Waals surface area contributed by atoms with Crippen LogP contribution in [0, 0.1) is 11.3 Å². The molecule has 5 amide bonds. The summed E-state index contributed by atoms with van der Waals surface area (Å²) in [6.07, 6.45) is 11.3. The highest BCUT2D eigenvalue weighted by atomic mass is 19.4. The van der Waals surface area contributed by atoms with Gasteiger partial charge in [0.05, 0.1) is 35.2 Å². The van der Waals surface area contributed by atoms with Gasteiger partial charge in [-0.15, -0.1) is 0 Å². The molecule has 6 fully saturated rings. The van der Waals surface area contributed by atoms with Crippen LogP contribution in [0.1, 0.15) is 116 Å². The molecule has 2 atom stereocenters. The predicted octanol–water partition coefficient (Wildman–Crippen LogP) is 5.90. The molecule has 3 aliphatic carbocycles. The highest BCUT2D eigenvalue weighted by molar-refractivity contribution is 6.23. The van der Waals surface area contributed by atoms with Gasteiger partial charge in [-0.05, 0) is 114 Å². The average Bonchev–Trinajstić information content (AvgIpc) is 3.92. The number of rotatable bonds is 8. The number of alkyl halides is 3. The zero-order valence-corrected chi connectivity index (χ0v) is 36.1. The highest BCUT2D eigenvalue weighted by Gasteiger charge is 2.54. The van der Waals surface area contributed by atoms with Gasteiger partial charge in [0.15, 0.2) is 0 Å². The Kier molecular flexibility index (Phi) is 10.8. The Morgan fingerprint density at radius 1 is 0.862 bits per heavy atom. The van der Waals surface area contributed by atoms with Crippen molar-refractivity contribution in [2.75, 3.05) is 36.0 Å². The number of anilines is 2. The summed E-state index contributed by atoms with van der Waals surface area (Å²) in [5.74, 6) is -3.25. The number of aliphatic carboxylic acids is 1. The molecular weight excluding hydrogens is 848 g/mol. The van der Waals surface area contributed by atoms with Crippen LogP contribution in [0.25, 0.3) is 11.1 Å². The van der Waals surface area contributed by atoms with Crippen LogP contribution in [0.15, 0.2) is 42.7 Å². The van der Waals surface area contributed by atoms with Gasteiger partial charge in [0.25, 0.3) is 11.8 Å². The number of nitrogens with zero attached hydrogens (tertiary/aromatic N) is 6. The van der Waals surface area contributed by atoms with Crippen molar-refractivity contribution >= 4 is 46.9 Å². The smallest absolute Gasteiger partial charge is 0.489 e. The largest absolute Gasteiger partial charge is 0.490 e. The van der Waals surface area contributed by atoms with Gasteiger partial charge in [0.2, 0.25) is 17.7 Å². The second-order valence-corrected chi connectivity index (χ2v) is 19.4. The van der Waals surface area contributed by atoms with Crippen LogP contribution in [-0.2, 0) is 25.6 Å². The number of carbonyl (C=O) groups is 6. The number of nitrogens with one attached hydrogen (secondary N) is 1. The fourth-order valence-electron chi connectivity index (χ4n) is 10.9. The first-order chi connectivity index (χ1) is 31.1. The number of carbonyl (C=O) groups excluding carboxylic acids is 5. The number of carboxylic acid groups (broad SMARTS) is 1. The molecule has 344 valence electrons. The van der Waals surface area contributed by atoms with Crippen molar-refractivity contribution in [3.8, 4) is 16.9 Å². The fourth-order valence-corrected chi connectivity index (χ4v) is 10.9. The number of likely N-dealkylation sites (tertiary alicyclic amines) is 1. The lowest BCUT2D eigenvalue weighted by Crippen LogP contribution is -2.67. The van der Waals surface area contributed by atoms with Crippen molar-refractivity contribution in [2.45, 2.75) is 127 Å². The van der Waals surface area contributed by atoms with Crippen LogP contribution in [0.5, 0.6) is 5.75 Å². The minimum absolute atomic E-state index is 0.105. The molecule has 8 aliphatic rings. The maximum absolute atomic E-state index is 13.4. The van der Waals surface area contributed by atoms with E-state index in [4.69, 9.17) is 19.7 Å². The normalized spacial score (nSPS) is 24.6. The summed E-state index contributed by atoms with van der Waals surface area (Å²) in [4.78, 5) is 81.0. The Labute approximate surface area is 373 Å². The molecule has 18 heteroatoms. The molecule has 3 saturated heterocycles. The zero-order chi connectivity index (χ0) is 45.5. The lowest BCUT2D eigenvalue weighted by Gasteiger charge is -2.62. The van der Waals surface area contributed by atoms with E-state index in [1.165, 1.54) is 12.0 Å². The number of hydrogen-bond acceptors (Lipinski definition) is 10. The molecule has 65 heavy (non-hydrogen) atoms. The second kappa shape index (κ2) is 16.3. The van der Waals surface area contributed by atoms with Crippen molar-refractivity contribution in [1.82, 2.24) is 24.9 Å². The van der Waals surface area contributed by atoms with Crippen molar-refractivity contribution in [2.24, 2.45) is 11.3 Å². The van der Waals surface area contributed by atoms with Crippen LogP contribution in [0.2, 0.25) is 0 Å². The monoisotopic (exact) mass is 899 g/mol. The van der Waals surface area contributed by atoms with E-state index in [9.17, 15) is 37.1 Å². The number of ether oxygens (including phenoxy) is 1. The molecule has 5 aliphatic heterocycles. The summed E-state index contributed by atoms with van der Waals surface area (Å²) in [6.45, 7) is 6.13. The van der Waals surface area contributed by atoms with Crippen molar-refractivity contribution in [3.05, 3.63) is 59.4 Å². The van der Waals surface area contributed by atoms with E-state index < -0.39 is 35.9 Å². The highest BCUT2D eigenvalue weighted by Crippen LogP contribution is 2.53. The van der Waals surface area contributed by atoms with Gasteiger partial charge in [-0.3, -0.25) is 38.9 Å². The van der Waals surface area contributed by atoms with Gasteiger partial charge in [0, 0.05) is 84.6 Å². The van der Waals surface area contributed by atoms with Gasteiger partial charge in [-0.1, -0.05) is 0 Å². The molecule has 1 unspecified atom stereocenters. The lowest BCUT2D eigenvalue weighted by molar-refractivity contribution is -0.192. The first kappa shape index (κ1) is 43.1. The molecular formula is C47H52F3N7O8. The maximum Gasteiger partial charge on any atom is 0.490 e. The van der Waals surface area contributed by atoms with E-state index in [1.807, 2.05) is 12.3 Å². The third-order valence-corrected chi connectivity index (χ3v) is 15.0. The minimum Gasteiger partial charge on any atom is -0.489 e. The molecule has 3 aromatic rings. The van der Waals surface area contributed by atoms with E-state index in [-0.39, 0.29) is 48.1 Å². The van der Waals surface area contributed by atoms with Crippen molar-refractivity contribution in [1.29, 1.82) is 0 Å². The first-order valence-electron chi connectivity index (χ1n) is 22.9. The number of piperidine rings is 2. The second-order valence-electron chi connectivity index (χ2n) is 19.4. The standard InChI is InChI=1S/C45H51N7O6.C2HF3O2/c1-26-5-9-35-37(51(26)42(55)27-6-7-27)12-11-33(40(35)58-32-3-2-4-32)28-22-46-50(23-28)29-15-17-48(18-16-29)31-20-45(21-31)24-49(25-45)30-8-10-34-36(19-30)44(57)52(43(34)56)38-13-14-39(53)47-41(38)54;3-2(4,5)1(6)7/h8,10-12,19,22-23,26-27,29,31-32,38H,2-7,9,13-18,20-21,24-25H2,1H3,(H,47,53,54);(H,6,7)/t26-,38?;/m0./s1. The molecule has 2 aromatic carbocycles. The number of fused-ring (bicyclic) bond motifs is 2. The summed E-state index contributed by atoms with van der Waals surface area (Å²) in [5, 5.41) is 14.3. The molecule has 0 radical (unpaired) electrons. The van der Waals surface area contributed by atoms with Crippen LogP contribution in [0.3, 0.4) is 0 Å². The van der Waals surface area contributed by atoms with Gasteiger partial charge < -0.3 is 24.5 Å². The van der Waals surface area contributed by atoms with E-state index in [1.54, 1.807) is 12.1 Å². The first-order valence-corrected chi connectivity index (χ1v) is 22.9. The molecule has 2 N–H and O–H groups in total. The van der Waals surface area contributed by atoms with E-state index >= 15 is 0 Å². The van der Waals surface area contributed by atoms with Crippen LogP contribution >= 0.6 is 0 Å². The van der Waals surface area contributed by atoms with Crippen molar-refractivity contribution < 1.29 is 51.8 Å². The Balaban J connectivity index is 0.000000660. The van der Waals surface area contributed by atoms with E-state index in [2.05, 4.69) is 50.0 Å². The van der Waals surface area contributed by atoms with Gasteiger partial charge in [-0.2, -0.15) is 18.3 Å². The maximum atomic E-state index is 13.4. The number of imide groups is 2. The Morgan fingerprint density at radius 2 is 1.55 bits per heavy atom. The van der Waals surface area contributed by atoms with Crippen LogP contribution in [0.4, 0.5) is 24.5 Å². The molecule has 1 spiro atoms. The van der Waals surface area contributed by atoms with E-state index in [0.29, 0.717) is 23.2 Å². The summed E-state index contributed by atoms with van der Waals surface area (Å²) in [5.41, 5.74) is 6.25. The number of hydrogen-bond donors (Lipinski definition) is 2. The average molecular weight is 900 g/mol. The Bertz CT molecular complexity index is 2460. The third-order valence-electron chi connectivity index (χ3n) is 15.0. The fraction of sp³-hybridized carbons (Fsp3) is 0.553. The molecule has 0 bridgehead atoms. The van der Waals surface area contributed by atoms with Gasteiger partial charge in [0.1, 0.15) is 11.8 Å². The number of amides is 5. The number of halogens is 3. The topological polar surface area (TPSA) is 175 Å². The van der Waals surface area contributed by atoms with Gasteiger partial charge >= 0.3 is 12.1 Å². The Morgan fingerprint density at radius 3 is 2.20 bits per heavy atom. The summed E-state index contributed by atoms with van der Waals surface area (Å²) in [7, 11) is 0. The van der Waals surface area contributed by atoms with Crippen LogP contribution in [-0.4, -0.2) is 117 Å². The van der Waals surface area contributed by atoms with Gasteiger partial charge in [-0.25, -0.2) is 4.79 Å². The van der Waals surface area contributed by atoms with Crippen molar-refractivity contribution in [3.63, 3.8) is 0 Å². The summed E-state index contributed by atoms with van der Waals surface area (Å²) >= 11 is 0. The quantitative estimate of drug-likeness (QED) is 0.258. The van der Waals surface area contributed by atoms with E-state index in [0.717, 1.165) is 124 Å². The number of aromatic nitrogens is 2. The molecule has 11 rings (SSSR count). The molecule has 3 saturated carbocycles. The summed E-state index contributed by atoms with van der Waals surface area (Å²) in [6, 6.07) is 9.91. The van der Waals surface area contributed by atoms with Crippen LogP contribution < -0.4 is 19.9 Å². The number of carboxylic acids is 1. The molecule has 15 nitrogen and oxygen atoms in total. The zero-order valence-electron chi connectivity index (χ0n) is 36.1. The lowest BCUT2D eigenvalue weighted by atomic mass is 9.60. The Hall–Kier alpha value is -5.78.